The van der Waals surface area contributed by atoms with Crippen LogP contribution in [0.3, 0.4) is 0 Å². The van der Waals surface area contributed by atoms with Gasteiger partial charge >= 0.3 is 6.18 Å². The lowest BCUT2D eigenvalue weighted by Crippen LogP contribution is -2.20. The maximum Gasteiger partial charge on any atom is 0.422 e. The Balaban J connectivity index is 2.78. The van der Waals surface area contributed by atoms with Gasteiger partial charge in [0.25, 0.3) is 0 Å². The van der Waals surface area contributed by atoms with Gasteiger partial charge in [-0.3, -0.25) is 0 Å². The fourth-order valence-electron chi connectivity index (χ4n) is 0.871. The molecule has 1 rings (SSSR count). The van der Waals surface area contributed by atoms with Gasteiger partial charge in [0, 0.05) is 12.7 Å². The Morgan fingerprint density at radius 1 is 1.47 bits per heavy atom. The van der Waals surface area contributed by atoms with Crippen molar-refractivity contribution in [2.45, 2.75) is 12.7 Å². The Hall–Kier alpha value is -1.01. The highest BCUT2D eigenvalue weighted by atomic mass is 35.5. The molecule has 0 amide bonds. The third kappa shape index (κ3) is 3.56. The molecule has 0 saturated carbocycles. The minimum Gasteiger partial charge on any atom is -0.467 e. The highest BCUT2D eigenvalue weighted by Crippen LogP contribution is 2.26. The molecule has 0 bridgehead atoms. The average Bonchev–Trinajstić information content (AvgIpc) is 2.15. The molecule has 0 aliphatic rings. The number of pyridine rings is 1. The largest absolute Gasteiger partial charge is 0.467 e. The van der Waals surface area contributed by atoms with Gasteiger partial charge in [-0.15, -0.1) is 0 Å². The number of halogens is 4. The van der Waals surface area contributed by atoms with E-state index < -0.39 is 12.8 Å². The predicted molar refractivity (Wildman–Crippen MR) is 48.7 cm³/mol. The summed E-state index contributed by atoms with van der Waals surface area (Å²) < 4.78 is 39.9. The molecule has 0 saturated heterocycles. The van der Waals surface area contributed by atoms with Crippen molar-refractivity contribution in [3.8, 4) is 5.88 Å². The molecule has 0 radical (unpaired) electrons. The first kappa shape index (κ1) is 12.1. The van der Waals surface area contributed by atoms with E-state index >= 15 is 0 Å². The van der Waals surface area contributed by atoms with Crippen LogP contribution in [0.15, 0.2) is 12.3 Å². The maximum absolute atomic E-state index is 11.8. The van der Waals surface area contributed by atoms with Crippen LogP contribution in [-0.2, 0) is 6.54 Å². The Labute approximate surface area is 89.0 Å². The molecule has 0 aliphatic carbocycles. The first-order chi connectivity index (χ1) is 6.94. The molecule has 0 aromatic carbocycles. The zero-order valence-corrected chi connectivity index (χ0v) is 8.27. The molecule has 84 valence electrons. The SMILES string of the molecule is NCc1ccnc(OCC(F)(F)F)c1Cl. The lowest BCUT2D eigenvalue weighted by molar-refractivity contribution is -0.154. The molecule has 0 unspecified atom stereocenters. The van der Waals surface area contributed by atoms with Crippen LogP contribution in [0.2, 0.25) is 5.02 Å². The second-order valence-electron chi connectivity index (χ2n) is 2.70. The van der Waals surface area contributed by atoms with Gasteiger partial charge in [0.05, 0.1) is 0 Å². The molecule has 0 fully saturated rings. The van der Waals surface area contributed by atoms with Gasteiger partial charge < -0.3 is 10.5 Å². The highest BCUT2D eigenvalue weighted by molar-refractivity contribution is 6.32. The summed E-state index contributed by atoms with van der Waals surface area (Å²) in [5, 5.41) is 0.0178. The summed E-state index contributed by atoms with van der Waals surface area (Å²) in [6.45, 7) is -1.31. The molecule has 0 atom stereocenters. The molecule has 1 aromatic rings. The number of alkyl halides is 3. The lowest BCUT2D eigenvalue weighted by Gasteiger charge is -2.10. The van der Waals surface area contributed by atoms with Gasteiger partial charge in [-0.05, 0) is 11.6 Å². The van der Waals surface area contributed by atoms with Crippen molar-refractivity contribution in [2.24, 2.45) is 5.73 Å². The smallest absolute Gasteiger partial charge is 0.422 e. The van der Waals surface area contributed by atoms with E-state index in [1.54, 1.807) is 0 Å². The Morgan fingerprint density at radius 3 is 2.67 bits per heavy atom. The fourth-order valence-corrected chi connectivity index (χ4v) is 1.11. The molecule has 15 heavy (non-hydrogen) atoms. The summed E-state index contributed by atoms with van der Waals surface area (Å²) in [6.07, 6.45) is -3.12. The summed E-state index contributed by atoms with van der Waals surface area (Å²) in [5.74, 6) is -0.253. The molecular weight excluding hydrogens is 233 g/mol. The van der Waals surface area contributed by atoms with Crippen LogP contribution in [0, 0.1) is 0 Å². The zero-order valence-electron chi connectivity index (χ0n) is 7.51. The standard InChI is InChI=1S/C8H8ClF3N2O/c9-6-5(3-13)1-2-14-7(6)15-4-8(10,11)12/h1-2H,3-4,13H2. The number of rotatable bonds is 3. The zero-order chi connectivity index (χ0) is 11.5. The number of aromatic nitrogens is 1. The van der Waals surface area contributed by atoms with Crippen LogP contribution in [-0.4, -0.2) is 17.8 Å². The van der Waals surface area contributed by atoms with Crippen LogP contribution in [0.5, 0.6) is 5.88 Å². The number of hydrogen-bond acceptors (Lipinski definition) is 3. The summed E-state index contributed by atoms with van der Waals surface area (Å²) >= 11 is 5.70. The summed E-state index contributed by atoms with van der Waals surface area (Å²) in [5.41, 5.74) is 5.80. The minimum atomic E-state index is -4.41. The normalized spacial score (nSPS) is 11.5. The number of nitrogens with two attached hydrogens (primary N) is 1. The van der Waals surface area contributed by atoms with Gasteiger partial charge in [0.1, 0.15) is 5.02 Å². The van der Waals surface area contributed by atoms with E-state index in [9.17, 15) is 13.2 Å². The third-order valence-corrected chi connectivity index (χ3v) is 1.93. The van der Waals surface area contributed by atoms with Gasteiger partial charge in [-0.1, -0.05) is 11.6 Å². The van der Waals surface area contributed by atoms with Gasteiger partial charge in [-0.25, -0.2) is 4.98 Å². The predicted octanol–water partition coefficient (Wildman–Crippen LogP) is 2.13. The number of ether oxygens (including phenoxy) is 1. The molecule has 7 heteroatoms. The first-order valence-corrected chi connectivity index (χ1v) is 4.35. The second-order valence-corrected chi connectivity index (χ2v) is 3.08. The molecule has 3 nitrogen and oxygen atoms in total. The van der Waals surface area contributed by atoms with E-state index in [4.69, 9.17) is 17.3 Å². The van der Waals surface area contributed by atoms with E-state index in [1.807, 2.05) is 0 Å². The third-order valence-electron chi connectivity index (χ3n) is 1.53. The van der Waals surface area contributed by atoms with Crippen molar-refractivity contribution in [1.29, 1.82) is 0 Å². The van der Waals surface area contributed by atoms with Crippen molar-refractivity contribution in [3.05, 3.63) is 22.8 Å². The lowest BCUT2D eigenvalue weighted by atomic mass is 10.3. The molecule has 2 N–H and O–H groups in total. The summed E-state index contributed by atoms with van der Waals surface area (Å²) in [6, 6.07) is 1.52. The quantitative estimate of drug-likeness (QED) is 0.881. The topological polar surface area (TPSA) is 48.1 Å². The van der Waals surface area contributed by atoms with E-state index in [0.29, 0.717) is 5.56 Å². The number of nitrogens with zero attached hydrogens (tertiary/aromatic N) is 1. The average molecular weight is 241 g/mol. The Kier molecular flexibility index (Phi) is 3.76. The van der Waals surface area contributed by atoms with Gasteiger partial charge in [0.15, 0.2) is 6.61 Å². The van der Waals surface area contributed by atoms with Crippen molar-refractivity contribution in [2.75, 3.05) is 6.61 Å². The number of hydrogen-bond donors (Lipinski definition) is 1. The van der Waals surface area contributed by atoms with E-state index in [-0.39, 0.29) is 17.4 Å². The van der Waals surface area contributed by atoms with Crippen molar-refractivity contribution < 1.29 is 17.9 Å². The first-order valence-electron chi connectivity index (χ1n) is 3.97. The molecular formula is C8H8ClF3N2O. The van der Waals surface area contributed by atoms with Crippen LogP contribution < -0.4 is 10.5 Å². The van der Waals surface area contributed by atoms with Gasteiger partial charge in [-0.2, -0.15) is 13.2 Å². The monoisotopic (exact) mass is 240 g/mol. The van der Waals surface area contributed by atoms with Crippen molar-refractivity contribution >= 4 is 11.6 Å². The molecule has 0 spiro atoms. The van der Waals surface area contributed by atoms with Gasteiger partial charge in [0.2, 0.25) is 5.88 Å². The van der Waals surface area contributed by atoms with Crippen LogP contribution >= 0.6 is 11.6 Å². The van der Waals surface area contributed by atoms with E-state index in [1.165, 1.54) is 12.3 Å². The molecule has 1 heterocycles. The molecule has 0 aliphatic heterocycles. The highest BCUT2D eigenvalue weighted by Gasteiger charge is 2.29. The Bertz CT molecular complexity index is 343. The summed E-state index contributed by atoms with van der Waals surface area (Å²) in [4.78, 5) is 3.58. The second kappa shape index (κ2) is 4.67. The summed E-state index contributed by atoms with van der Waals surface area (Å²) in [7, 11) is 0. The van der Waals surface area contributed by atoms with Crippen molar-refractivity contribution in [1.82, 2.24) is 4.98 Å². The van der Waals surface area contributed by atoms with Crippen LogP contribution in [0.25, 0.3) is 0 Å². The van der Waals surface area contributed by atoms with Crippen LogP contribution in [0.4, 0.5) is 13.2 Å². The fraction of sp³-hybridized carbons (Fsp3) is 0.375. The van der Waals surface area contributed by atoms with Crippen LogP contribution in [0.1, 0.15) is 5.56 Å². The van der Waals surface area contributed by atoms with Crippen molar-refractivity contribution in [3.63, 3.8) is 0 Å². The van der Waals surface area contributed by atoms with E-state index in [2.05, 4.69) is 9.72 Å². The Morgan fingerprint density at radius 2 is 2.13 bits per heavy atom. The van der Waals surface area contributed by atoms with E-state index in [0.717, 1.165) is 0 Å². The minimum absolute atomic E-state index is 0.0178. The molecule has 1 aromatic heterocycles. The maximum atomic E-state index is 11.8.